The molecule has 5 heteroatoms. The van der Waals surface area contributed by atoms with Crippen LogP contribution < -0.4 is 20.2 Å². The average Bonchev–Trinajstić information content (AvgIpc) is 3.15. The number of rotatable bonds is 8. The third-order valence-electron chi connectivity index (χ3n) is 10.3. The van der Waals surface area contributed by atoms with Gasteiger partial charge in [-0.25, -0.2) is 4.85 Å². The van der Waals surface area contributed by atoms with Crippen molar-refractivity contribution in [3.05, 3.63) is 163 Å². The molecule has 0 aliphatic rings. The van der Waals surface area contributed by atoms with Crippen molar-refractivity contribution in [2.45, 2.75) is 39.3 Å². The molecule has 0 radical (unpaired) electrons. The maximum atomic E-state index is 7.56. The lowest BCUT2D eigenvalue weighted by Gasteiger charge is -2.30. The molecule has 0 fully saturated rings. The average molecular weight is 706 g/mol. The topological polar surface area (TPSA) is 10.8 Å². The molecule has 0 amide bonds. The fourth-order valence-electron chi connectivity index (χ4n) is 7.49. The normalized spacial score (nSPS) is 12.0. The van der Waals surface area contributed by atoms with E-state index in [1.54, 1.807) is 0 Å². The molecule has 0 saturated heterocycles. The van der Waals surface area contributed by atoms with E-state index in [-0.39, 0.29) is 0 Å². The highest BCUT2D eigenvalue weighted by molar-refractivity contribution is 6.89. The van der Waals surface area contributed by atoms with Gasteiger partial charge in [-0.05, 0) is 82.2 Å². The van der Waals surface area contributed by atoms with Gasteiger partial charge in [-0.15, -0.1) is 0 Å². The highest BCUT2D eigenvalue weighted by Crippen LogP contribution is 2.47. The fourth-order valence-corrected chi connectivity index (χ4v) is 9.82. The van der Waals surface area contributed by atoms with Gasteiger partial charge in [0, 0.05) is 33.5 Å². The number of para-hydroxylation sites is 1. The molecule has 52 heavy (non-hydrogen) atoms. The van der Waals surface area contributed by atoms with Crippen molar-refractivity contribution < 1.29 is 0 Å². The van der Waals surface area contributed by atoms with Crippen molar-refractivity contribution in [2.24, 2.45) is 0 Å². The maximum Gasteiger partial charge on any atom is 0.187 e. The molecular formula is C47H43N3Si2. The first-order valence-corrected chi connectivity index (χ1v) is 25.1. The van der Waals surface area contributed by atoms with Crippen LogP contribution >= 0.6 is 0 Å². The molecular weight excluding hydrogens is 663 g/mol. The number of hydrogen-bond acceptors (Lipinski definition) is 2. The quantitative estimate of drug-likeness (QED) is 0.0885. The zero-order valence-electron chi connectivity index (χ0n) is 30.8. The van der Waals surface area contributed by atoms with E-state index >= 15 is 0 Å². The van der Waals surface area contributed by atoms with Crippen LogP contribution in [0.15, 0.2) is 152 Å². The second-order valence-corrected chi connectivity index (χ2v) is 26.0. The summed E-state index contributed by atoms with van der Waals surface area (Å²) in [5.74, 6) is 0. The molecule has 8 aromatic rings. The summed E-state index contributed by atoms with van der Waals surface area (Å²) >= 11 is 0. The molecule has 0 aliphatic heterocycles. The Kier molecular flexibility index (Phi) is 8.25. The van der Waals surface area contributed by atoms with Crippen molar-refractivity contribution >= 4 is 98.7 Å². The van der Waals surface area contributed by atoms with Crippen molar-refractivity contribution in [1.29, 1.82) is 0 Å². The van der Waals surface area contributed by atoms with Gasteiger partial charge in [0.2, 0.25) is 0 Å². The number of anilines is 6. The number of hydrogen-bond donors (Lipinski definition) is 0. The lowest BCUT2D eigenvalue weighted by atomic mass is 9.91. The van der Waals surface area contributed by atoms with Crippen molar-refractivity contribution in [2.75, 3.05) is 9.80 Å². The van der Waals surface area contributed by atoms with Crippen molar-refractivity contribution in [3.8, 4) is 0 Å². The Bertz CT molecular complexity index is 2580. The van der Waals surface area contributed by atoms with E-state index in [2.05, 4.69) is 193 Å². The summed E-state index contributed by atoms with van der Waals surface area (Å²) in [7, 11) is -2.93. The van der Waals surface area contributed by atoms with Gasteiger partial charge in [0.05, 0.1) is 34.1 Å². The summed E-state index contributed by atoms with van der Waals surface area (Å²) in [5.41, 5.74) is 7.33. The molecule has 0 heterocycles. The Morgan fingerprint density at radius 2 is 0.769 bits per heavy atom. The van der Waals surface area contributed by atoms with Crippen LogP contribution in [0.25, 0.3) is 37.2 Å². The third-order valence-corrected chi connectivity index (χ3v) is 14.5. The standard InChI is InChI=1S/C47H43N3Si2/c1-48-35-17-19-37(20-18-35)50(39-23-27-41(28-24-39)52(5,6)7)45-32-16-34-13-29-42-44(31-15-33-14-30-43(45)47(34)46(33)42)49(36-11-9-8-10-12-36)38-21-25-40(26-22-38)51(2,3)4/h8-32H,2-7H3. The van der Waals surface area contributed by atoms with Gasteiger partial charge in [0.1, 0.15) is 0 Å². The summed E-state index contributed by atoms with van der Waals surface area (Å²) in [6.45, 7) is 21.9. The molecule has 0 aromatic heterocycles. The monoisotopic (exact) mass is 705 g/mol. The van der Waals surface area contributed by atoms with Crippen LogP contribution in [0, 0.1) is 6.57 Å². The van der Waals surface area contributed by atoms with Crippen LogP contribution in [-0.4, -0.2) is 16.1 Å². The van der Waals surface area contributed by atoms with Crippen LogP contribution in [0.4, 0.5) is 39.8 Å². The summed E-state index contributed by atoms with van der Waals surface area (Å²) in [6.07, 6.45) is 0. The zero-order valence-corrected chi connectivity index (χ0v) is 32.8. The van der Waals surface area contributed by atoms with Crippen molar-refractivity contribution in [3.63, 3.8) is 0 Å². The Hall–Kier alpha value is -5.68. The first-order chi connectivity index (χ1) is 25.0. The molecule has 0 N–H and O–H groups in total. The number of nitrogens with zero attached hydrogens (tertiary/aromatic N) is 3. The number of benzene rings is 8. The summed E-state index contributed by atoms with van der Waals surface area (Å²) < 4.78 is 0. The third kappa shape index (κ3) is 5.94. The molecule has 8 rings (SSSR count). The van der Waals surface area contributed by atoms with Gasteiger partial charge >= 0.3 is 0 Å². The summed E-state index contributed by atoms with van der Waals surface area (Å²) in [6, 6.07) is 55.3. The highest BCUT2D eigenvalue weighted by Gasteiger charge is 2.23. The lowest BCUT2D eigenvalue weighted by Crippen LogP contribution is -2.37. The van der Waals surface area contributed by atoms with E-state index < -0.39 is 16.1 Å². The SMILES string of the molecule is [C-]#[N+]c1ccc(N(c2ccc([Si](C)(C)C)cc2)c2ccc3ccc4c(N(c5ccccc5)c5ccc([Si](C)(C)C)cc5)ccc5ccc2c3c54)cc1. The van der Waals surface area contributed by atoms with Gasteiger partial charge in [0.25, 0.3) is 0 Å². The summed E-state index contributed by atoms with van der Waals surface area (Å²) in [4.78, 5) is 8.44. The second-order valence-electron chi connectivity index (χ2n) is 15.8. The van der Waals surface area contributed by atoms with Gasteiger partial charge < -0.3 is 9.80 Å². The van der Waals surface area contributed by atoms with E-state index in [1.807, 2.05) is 12.1 Å². The first kappa shape index (κ1) is 33.5. The second kappa shape index (κ2) is 12.8. The Balaban J connectivity index is 1.36. The van der Waals surface area contributed by atoms with Crippen LogP contribution in [0.5, 0.6) is 0 Å². The molecule has 0 unspecified atom stereocenters. The van der Waals surface area contributed by atoms with E-state index in [0.29, 0.717) is 5.69 Å². The Morgan fingerprint density at radius 3 is 1.15 bits per heavy atom. The lowest BCUT2D eigenvalue weighted by molar-refractivity contribution is 1.30. The minimum absolute atomic E-state index is 0.638. The maximum absolute atomic E-state index is 7.56. The molecule has 0 aliphatic carbocycles. The highest BCUT2D eigenvalue weighted by atomic mass is 28.3. The van der Waals surface area contributed by atoms with Gasteiger partial charge in [-0.2, -0.15) is 0 Å². The molecule has 0 saturated carbocycles. The van der Waals surface area contributed by atoms with Gasteiger partial charge in [0.15, 0.2) is 5.69 Å². The molecule has 0 bridgehead atoms. The van der Waals surface area contributed by atoms with E-state index in [0.717, 1.165) is 34.1 Å². The van der Waals surface area contributed by atoms with Gasteiger partial charge in [-0.3, -0.25) is 0 Å². The minimum Gasteiger partial charge on any atom is -0.310 e. The largest absolute Gasteiger partial charge is 0.310 e. The van der Waals surface area contributed by atoms with E-state index in [1.165, 1.54) is 42.7 Å². The van der Waals surface area contributed by atoms with E-state index in [9.17, 15) is 0 Å². The Labute approximate surface area is 309 Å². The molecule has 0 spiro atoms. The molecule has 254 valence electrons. The van der Waals surface area contributed by atoms with Crippen LogP contribution in [0.2, 0.25) is 39.3 Å². The summed E-state index contributed by atoms with van der Waals surface area (Å²) in [5, 5.41) is 10.3. The predicted molar refractivity (Wildman–Crippen MR) is 232 cm³/mol. The molecule has 3 nitrogen and oxygen atoms in total. The van der Waals surface area contributed by atoms with Gasteiger partial charge in [-0.1, -0.05) is 141 Å². The first-order valence-electron chi connectivity index (χ1n) is 18.1. The van der Waals surface area contributed by atoms with Crippen molar-refractivity contribution in [1.82, 2.24) is 0 Å². The molecule has 8 aromatic carbocycles. The minimum atomic E-state index is -1.48. The Morgan fingerprint density at radius 1 is 0.404 bits per heavy atom. The van der Waals surface area contributed by atoms with Crippen LogP contribution in [0.3, 0.4) is 0 Å². The molecule has 0 atom stereocenters. The van der Waals surface area contributed by atoms with Crippen LogP contribution in [-0.2, 0) is 0 Å². The smallest absolute Gasteiger partial charge is 0.187 e. The van der Waals surface area contributed by atoms with Crippen LogP contribution in [0.1, 0.15) is 0 Å². The van der Waals surface area contributed by atoms with E-state index in [4.69, 9.17) is 6.57 Å². The zero-order chi connectivity index (χ0) is 36.2. The predicted octanol–water partition coefficient (Wildman–Crippen LogP) is 13.2. The fraction of sp³-hybridized carbons (Fsp3) is 0.128.